The number of carbonyl (C=O) groups excluding carboxylic acids is 1. The van der Waals surface area contributed by atoms with Gasteiger partial charge in [-0.05, 0) is 90.5 Å². The molecule has 2 saturated heterocycles. The lowest BCUT2D eigenvalue weighted by Crippen LogP contribution is -2.47. The van der Waals surface area contributed by atoms with Crippen LogP contribution in [0.3, 0.4) is 0 Å². The fraction of sp³-hybridized carbons (Fsp3) is 0.742. The Morgan fingerprint density at radius 1 is 1.05 bits per heavy atom. The first kappa shape index (κ1) is 28.6. The fourth-order valence-electron chi connectivity index (χ4n) is 6.48. The van der Waals surface area contributed by atoms with Gasteiger partial charge in [-0.25, -0.2) is 4.79 Å². The predicted molar refractivity (Wildman–Crippen MR) is 151 cm³/mol. The lowest BCUT2D eigenvalue weighted by Gasteiger charge is -2.40. The van der Waals surface area contributed by atoms with Crippen LogP contribution in [0.15, 0.2) is 6.07 Å². The number of ether oxygens (including phenoxy) is 3. The van der Waals surface area contributed by atoms with Crippen molar-refractivity contribution in [2.75, 3.05) is 18.1 Å². The first-order valence-electron chi connectivity index (χ1n) is 14.7. The molecule has 3 atom stereocenters. The van der Waals surface area contributed by atoms with Crippen molar-refractivity contribution in [3.05, 3.63) is 15.8 Å². The summed E-state index contributed by atoms with van der Waals surface area (Å²) in [5.41, 5.74) is 0.323. The monoisotopic (exact) mass is 557 g/mol. The van der Waals surface area contributed by atoms with Gasteiger partial charge in [0.25, 0.3) is 0 Å². The van der Waals surface area contributed by atoms with E-state index in [0.717, 1.165) is 64.4 Å². The van der Waals surface area contributed by atoms with Gasteiger partial charge in [-0.2, -0.15) is 0 Å². The molecule has 1 aromatic heterocycles. The molecule has 1 aromatic rings. The Morgan fingerprint density at radius 2 is 1.77 bits per heavy atom. The lowest BCUT2D eigenvalue weighted by molar-refractivity contribution is -0.124. The molecular formula is C31H43NO6S. The standard InChI is InChI=1S/C31H43NO6S/c1-19-5-7-20(8-6-19)28(33)32(25-17-23(13-15-31(2,3)4)39-27(25)29(34)35)21-9-11-22(12-10-21)38-26-18-37-30-24(26)14-16-36-30/h17,19-22,24,26,30H,5-12,14,16,18H2,1-4H3,(H,34,35)/t19?,20?,21?,22?,24-,26?,30+/m0/s1. The van der Waals surface area contributed by atoms with Crippen LogP contribution in [-0.4, -0.2) is 54.7 Å². The molecule has 0 bridgehead atoms. The number of carboxylic acid groups (broad SMARTS) is 1. The van der Waals surface area contributed by atoms with Gasteiger partial charge in [-0.15, -0.1) is 11.3 Å². The number of carbonyl (C=O) groups is 2. The summed E-state index contributed by atoms with van der Waals surface area (Å²) in [6, 6.07) is 1.80. The number of hydrogen-bond acceptors (Lipinski definition) is 6. The summed E-state index contributed by atoms with van der Waals surface area (Å²) in [6.07, 6.45) is 8.11. The number of amides is 1. The minimum absolute atomic E-state index is 0.0461. The van der Waals surface area contributed by atoms with E-state index in [9.17, 15) is 14.7 Å². The van der Waals surface area contributed by atoms with Crippen LogP contribution < -0.4 is 4.90 Å². The van der Waals surface area contributed by atoms with Gasteiger partial charge < -0.3 is 24.2 Å². The third-order valence-electron chi connectivity index (χ3n) is 8.69. The Kier molecular flexibility index (Phi) is 8.73. The maximum atomic E-state index is 14.1. The first-order valence-corrected chi connectivity index (χ1v) is 15.5. The Balaban J connectivity index is 1.36. The normalized spacial score (nSPS) is 32.8. The van der Waals surface area contributed by atoms with Gasteiger partial charge >= 0.3 is 5.97 Å². The number of rotatable bonds is 6. The Hall–Kier alpha value is -1.92. The second-order valence-corrected chi connectivity index (χ2v) is 14.0. The molecule has 2 aliphatic carbocycles. The molecule has 3 heterocycles. The molecule has 1 unspecified atom stereocenters. The van der Waals surface area contributed by atoms with E-state index in [1.165, 1.54) is 11.3 Å². The van der Waals surface area contributed by atoms with Crippen molar-refractivity contribution in [1.82, 2.24) is 0 Å². The van der Waals surface area contributed by atoms with Crippen LogP contribution in [0.4, 0.5) is 5.69 Å². The molecule has 214 valence electrons. The van der Waals surface area contributed by atoms with E-state index in [1.807, 2.05) is 31.7 Å². The number of nitrogens with zero attached hydrogens (tertiary/aromatic N) is 1. The van der Waals surface area contributed by atoms with Crippen molar-refractivity contribution in [3.63, 3.8) is 0 Å². The fourth-order valence-corrected chi connectivity index (χ4v) is 7.32. The van der Waals surface area contributed by atoms with E-state index in [0.29, 0.717) is 29.0 Å². The molecule has 0 spiro atoms. The molecule has 2 saturated carbocycles. The molecule has 4 aliphatic rings. The molecule has 1 amide bonds. The molecule has 4 fully saturated rings. The molecule has 8 heteroatoms. The zero-order valence-corrected chi connectivity index (χ0v) is 24.6. The summed E-state index contributed by atoms with van der Waals surface area (Å²) in [5.74, 6) is 6.36. The van der Waals surface area contributed by atoms with Crippen molar-refractivity contribution in [2.45, 2.75) is 110 Å². The quantitative estimate of drug-likeness (QED) is 0.426. The van der Waals surface area contributed by atoms with Gasteiger partial charge in [-0.1, -0.05) is 18.8 Å². The molecule has 0 radical (unpaired) electrons. The van der Waals surface area contributed by atoms with Crippen LogP contribution in [0.25, 0.3) is 0 Å². The first-order chi connectivity index (χ1) is 18.6. The average Bonchev–Trinajstić information content (AvgIpc) is 3.62. The minimum atomic E-state index is -1.000. The summed E-state index contributed by atoms with van der Waals surface area (Å²) in [5, 5.41) is 10.1. The molecule has 39 heavy (non-hydrogen) atoms. The van der Waals surface area contributed by atoms with Crippen molar-refractivity contribution >= 4 is 28.9 Å². The van der Waals surface area contributed by atoms with Crippen LogP contribution >= 0.6 is 11.3 Å². The van der Waals surface area contributed by atoms with Crippen molar-refractivity contribution < 1.29 is 28.9 Å². The Bertz CT molecular complexity index is 1100. The highest BCUT2D eigenvalue weighted by Crippen LogP contribution is 2.40. The second-order valence-electron chi connectivity index (χ2n) is 12.9. The number of hydrogen-bond donors (Lipinski definition) is 1. The maximum Gasteiger partial charge on any atom is 0.348 e. The molecule has 0 aromatic carbocycles. The van der Waals surface area contributed by atoms with Gasteiger partial charge in [-0.3, -0.25) is 4.79 Å². The Morgan fingerprint density at radius 3 is 2.44 bits per heavy atom. The number of fused-ring (bicyclic) bond motifs is 1. The highest BCUT2D eigenvalue weighted by molar-refractivity contribution is 7.15. The van der Waals surface area contributed by atoms with Crippen LogP contribution in [0, 0.1) is 35.0 Å². The van der Waals surface area contributed by atoms with E-state index in [4.69, 9.17) is 14.2 Å². The van der Waals surface area contributed by atoms with Crippen LogP contribution in [0.2, 0.25) is 0 Å². The van der Waals surface area contributed by atoms with E-state index in [1.54, 1.807) is 0 Å². The zero-order chi connectivity index (χ0) is 27.7. The molecule has 1 N–H and O–H groups in total. The number of aromatic carboxylic acids is 1. The molecule has 5 rings (SSSR count). The number of thiophene rings is 1. The van der Waals surface area contributed by atoms with Crippen molar-refractivity contribution in [3.8, 4) is 11.8 Å². The summed E-state index contributed by atoms with van der Waals surface area (Å²) in [4.78, 5) is 29.3. The summed E-state index contributed by atoms with van der Waals surface area (Å²) >= 11 is 1.18. The maximum absolute atomic E-state index is 14.1. The summed E-state index contributed by atoms with van der Waals surface area (Å²) in [6.45, 7) is 9.65. The van der Waals surface area contributed by atoms with E-state index in [-0.39, 0.29) is 46.7 Å². The van der Waals surface area contributed by atoms with Crippen LogP contribution in [0.5, 0.6) is 0 Å². The predicted octanol–water partition coefficient (Wildman–Crippen LogP) is 6.09. The SMILES string of the molecule is CC1CCC(C(=O)N(c2cc(C#CC(C)(C)C)sc2C(=O)O)C2CCC(OC3CO[C@H]4OCC[C@@H]34)CC2)CC1. The third-order valence-corrected chi connectivity index (χ3v) is 9.72. The van der Waals surface area contributed by atoms with Gasteiger partial charge in [0.05, 0.1) is 36.0 Å². The smallest absolute Gasteiger partial charge is 0.348 e. The molecule has 2 aliphatic heterocycles. The van der Waals surface area contributed by atoms with Gasteiger partial charge in [0.15, 0.2) is 6.29 Å². The van der Waals surface area contributed by atoms with E-state index < -0.39 is 5.97 Å². The number of carboxylic acids is 1. The summed E-state index contributed by atoms with van der Waals surface area (Å²) in [7, 11) is 0. The van der Waals surface area contributed by atoms with Crippen LogP contribution in [-0.2, 0) is 19.0 Å². The highest BCUT2D eigenvalue weighted by atomic mass is 32.1. The molecular weight excluding hydrogens is 514 g/mol. The van der Waals surface area contributed by atoms with Gasteiger partial charge in [0, 0.05) is 23.3 Å². The largest absolute Gasteiger partial charge is 0.477 e. The summed E-state index contributed by atoms with van der Waals surface area (Å²) < 4.78 is 17.9. The topological polar surface area (TPSA) is 85.3 Å². The van der Waals surface area contributed by atoms with E-state index >= 15 is 0 Å². The van der Waals surface area contributed by atoms with Crippen molar-refractivity contribution in [1.29, 1.82) is 0 Å². The minimum Gasteiger partial charge on any atom is -0.477 e. The Labute approximate surface area is 236 Å². The van der Waals surface area contributed by atoms with E-state index in [2.05, 4.69) is 18.8 Å². The second kappa shape index (κ2) is 11.9. The van der Waals surface area contributed by atoms with Gasteiger partial charge in [0.2, 0.25) is 5.91 Å². The molecule has 7 nitrogen and oxygen atoms in total. The third kappa shape index (κ3) is 6.70. The lowest BCUT2D eigenvalue weighted by atomic mass is 9.81. The van der Waals surface area contributed by atoms with Crippen molar-refractivity contribution in [2.24, 2.45) is 23.2 Å². The van der Waals surface area contributed by atoms with Gasteiger partial charge in [0.1, 0.15) is 4.88 Å². The van der Waals surface area contributed by atoms with Crippen LogP contribution in [0.1, 0.15) is 100 Å². The average molecular weight is 558 g/mol. The number of anilines is 1. The zero-order valence-electron chi connectivity index (χ0n) is 23.7. The highest BCUT2D eigenvalue weighted by Gasteiger charge is 2.44.